The quantitative estimate of drug-likeness (QED) is 0.487. The molecular formula is C20H15N5. The number of rotatable bonds is 2. The van der Waals surface area contributed by atoms with E-state index >= 15 is 0 Å². The molecule has 0 fully saturated rings. The summed E-state index contributed by atoms with van der Waals surface area (Å²) in [5, 5.41) is 11.9. The molecular weight excluding hydrogens is 310 g/mol. The van der Waals surface area contributed by atoms with Crippen molar-refractivity contribution in [1.29, 1.82) is 5.26 Å². The summed E-state index contributed by atoms with van der Waals surface area (Å²) in [5.74, 6) is 0. The molecule has 0 amide bonds. The summed E-state index contributed by atoms with van der Waals surface area (Å²) in [6, 6.07) is 16.4. The zero-order valence-electron chi connectivity index (χ0n) is 13.8. The van der Waals surface area contributed by atoms with Crippen LogP contribution in [0.25, 0.3) is 38.7 Å². The van der Waals surface area contributed by atoms with Crippen LogP contribution >= 0.6 is 0 Å². The van der Waals surface area contributed by atoms with Gasteiger partial charge in [0.1, 0.15) is 22.9 Å². The molecule has 0 radical (unpaired) electrons. The first-order chi connectivity index (χ1) is 12.3. The Hall–Kier alpha value is -3.39. The van der Waals surface area contributed by atoms with Crippen molar-refractivity contribution in [3.63, 3.8) is 0 Å². The highest BCUT2D eigenvalue weighted by Gasteiger charge is 2.20. The summed E-state index contributed by atoms with van der Waals surface area (Å²) < 4.78 is 4.16. The maximum Gasteiger partial charge on any atom is 0.168 e. The summed E-state index contributed by atoms with van der Waals surface area (Å²) in [7, 11) is 0. The van der Waals surface area contributed by atoms with Gasteiger partial charge in [-0.1, -0.05) is 31.2 Å². The summed E-state index contributed by atoms with van der Waals surface area (Å²) in [5.41, 5.74) is 4.79. The lowest BCUT2D eigenvalue weighted by atomic mass is 10.1. The summed E-state index contributed by atoms with van der Waals surface area (Å²) in [4.78, 5) is 9.61. The Bertz CT molecular complexity index is 1320. The Balaban J connectivity index is 2.10. The molecule has 0 unspecified atom stereocenters. The molecule has 4 heterocycles. The molecule has 0 saturated heterocycles. The van der Waals surface area contributed by atoms with Gasteiger partial charge in [-0.3, -0.25) is 4.40 Å². The lowest BCUT2D eigenvalue weighted by Crippen LogP contribution is -1.99. The lowest BCUT2D eigenvalue weighted by molar-refractivity contribution is 0.718. The van der Waals surface area contributed by atoms with Crippen LogP contribution in [-0.2, 0) is 6.54 Å². The van der Waals surface area contributed by atoms with E-state index in [2.05, 4.69) is 34.7 Å². The van der Waals surface area contributed by atoms with Crippen molar-refractivity contribution in [1.82, 2.24) is 18.9 Å². The van der Waals surface area contributed by atoms with Crippen LogP contribution in [0.15, 0.2) is 48.7 Å². The first-order valence-electron chi connectivity index (χ1n) is 8.41. The van der Waals surface area contributed by atoms with E-state index < -0.39 is 0 Å². The third-order valence-corrected chi connectivity index (χ3v) is 4.71. The van der Waals surface area contributed by atoms with Gasteiger partial charge in [0.15, 0.2) is 5.65 Å². The Morgan fingerprint density at radius 3 is 2.72 bits per heavy atom. The van der Waals surface area contributed by atoms with Crippen molar-refractivity contribution >= 4 is 38.7 Å². The monoisotopic (exact) mass is 325 g/mol. The van der Waals surface area contributed by atoms with Crippen LogP contribution in [-0.4, -0.2) is 18.9 Å². The maximum atomic E-state index is 9.92. The van der Waals surface area contributed by atoms with Crippen LogP contribution in [0.1, 0.15) is 18.9 Å². The molecule has 0 N–H and O–H groups in total. The molecule has 0 saturated carbocycles. The molecule has 5 heteroatoms. The fourth-order valence-electron chi connectivity index (χ4n) is 3.69. The van der Waals surface area contributed by atoms with Gasteiger partial charge in [-0.2, -0.15) is 5.26 Å². The van der Waals surface area contributed by atoms with E-state index in [1.54, 1.807) is 0 Å². The molecule has 0 bridgehead atoms. The maximum absolute atomic E-state index is 9.92. The molecule has 5 nitrogen and oxygen atoms in total. The SMILES string of the molecule is CCCn1c2ccccc2c2c(C#N)c3nc4ccccn4c3nc21. The van der Waals surface area contributed by atoms with Crippen molar-refractivity contribution in [2.75, 3.05) is 0 Å². The molecule has 0 aliphatic rings. The molecule has 0 aliphatic heterocycles. The Kier molecular flexibility index (Phi) is 2.83. The Labute approximate surface area is 143 Å². The number of benzene rings is 1. The minimum Gasteiger partial charge on any atom is -0.325 e. The van der Waals surface area contributed by atoms with Gasteiger partial charge in [0, 0.05) is 23.5 Å². The van der Waals surface area contributed by atoms with Crippen LogP contribution in [0.4, 0.5) is 0 Å². The molecule has 0 spiro atoms. The number of fused-ring (bicyclic) bond motifs is 6. The number of para-hydroxylation sites is 1. The highest BCUT2D eigenvalue weighted by molar-refractivity contribution is 6.13. The number of pyridine rings is 2. The van der Waals surface area contributed by atoms with Crippen LogP contribution in [0, 0.1) is 11.3 Å². The number of nitrogens with zero attached hydrogens (tertiary/aromatic N) is 5. The predicted octanol–water partition coefficient (Wildman–Crippen LogP) is 4.27. The van der Waals surface area contributed by atoms with E-state index in [1.165, 1.54) is 0 Å². The van der Waals surface area contributed by atoms with E-state index in [0.717, 1.165) is 46.2 Å². The van der Waals surface area contributed by atoms with Gasteiger partial charge in [0.05, 0.1) is 11.1 Å². The first-order valence-corrected chi connectivity index (χ1v) is 8.41. The standard InChI is InChI=1S/C20H15N5/c1-2-10-24-15-8-4-3-7-13(15)17-14(12-21)18-20(23-19(17)24)25-11-6-5-9-16(25)22-18/h3-9,11H,2,10H2,1H3. The second-order valence-electron chi connectivity index (χ2n) is 6.18. The van der Waals surface area contributed by atoms with Crippen LogP contribution in [0.5, 0.6) is 0 Å². The summed E-state index contributed by atoms with van der Waals surface area (Å²) in [6.45, 7) is 3.02. The van der Waals surface area contributed by atoms with Crippen molar-refractivity contribution in [3.8, 4) is 6.07 Å². The molecule has 120 valence electrons. The van der Waals surface area contributed by atoms with Gasteiger partial charge in [-0.15, -0.1) is 0 Å². The van der Waals surface area contributed by atoms with Crippen molar-refractivity contribution in [2.24, 2.45) is 0 Å². The largest absolute Gasteiger partial charge is 0.325 e. The topological polar surface area (TPSA) is 58.9 Å². The fraction of sp³-hybridized carbons (Fsp3) is 0.150. The average molecular weight is 325 g/mol. The predicted molar refractivity (Wildman–Crippen MR) is 98.5 cm³/mol. The normalized spacial score (nSPS) is 11.7. The third-order valence-electron chi connectivity index (χ3n) is 4.71. The molecule has 5 rings (SSSR count). The van der Waals surface area contributed by atoms with E-state index in [1.807, 2.05) is 40.9 Å². The van der Waals surface area contributed by atoms with Crippen LogP contribution in [0.2, 0.25) is 0 Å². The minimum atomic E-state index is 0.606. The molecule has 0 atom stereocenters. The molecule has 1 aromatic carbocycles. The van der Waals surface area contributed by atoms with Gasteiger partial charge in [-0.25, -0.2) is 9.97 Å². The first kappa shape index (κ1) is 14.0. The number of aromatic nitrogens is 4. The smallest absolute Gasteiger partial charge is 0.168 e. The van der Waals surface area contributed by atoms with Crippen molar-refractivity contribution < 1.29 is 0 Å². The lowest BCUT2D eigenvalue weighted by Gasteiger charge is -2.04. The number of hydrogen-bond donors (Lipinski definition) is 0. The summed E-state index contributed by atoms with van der Waals surface area (Å²) in [6.07, 6.45) is 2.94. The van der Waals surface area contributed by atoms with Crippen LogP contribution in [0.3, 0.4) is 0 Å². The van der Waals surface area contributed by atoms with Gasteiger partial charge in [-0.05, 0) is 24.6 Å². The third kappa shape index (κ3) is 1.76. The zero-order valence-corrected chi connectivity index (χ0v) is 13.8. The number of aryl methyl sites for hydroxylation is 1. The van der Waals surface area contributed by atoms with E-state index in [4.69, 9.17) is 4.98 Å². The average Bonchev–Trinajstić information content (AvgIpc) is 3.17. The second kappa shape index (κ2) is 5.05. The molecule has 25 heavy (non-hydrogen) atoms. The number of nitriles is 1. The molecule has 4 aromatic heterocycles. The Morgan fingerprint density at radius 1 is 1.04 bits per heavy atom. The van der Waals surface area contributed by atoms with E-state index in [-0.39, 0.29) is 0 Å². The van der Waals surface area contributed by atoms with Gasteiger partial charge < -0.3 is 4.57 Å². The zero-order chi connectivity index (χ0) is 17.0. The number of hydrogen-bond acceptors (Lipinski definition) is 3. The van der Waals surface area contributed by atoms with Crippen LogP contribution < -0.4 is 0 Å². The number of imidazole rings is 1. The van der Waals surface area contributed by atoms with Crippen molar-refractivity contribution in [2.45, 2.75) is 19.9 Å². The van der Waals surface area contributed by atoms with E-state index in [9.17, 15) is 5.26 Å². The van der Waals surface area contributed by atoms with E-state index in [0.29, 0.717) is 11.1 Å². The van der Waals surface area contributed by atoms with Gasteiger partial charge in [0.25, 0.3) is 0 Å². The molecule has 5 aromatic rings. The fourth-order valence-corrected chi connectivity index (χ4v) is 3.69. The minimum absolute atomic E-state index is 0.606. The molecule has 0 aliphatic carbocycles. The van der Waals surface area contributed by atoms with Gasteiger partial charge >= 0.3 is 0 Å². The highest BCUT2D eigenvalue weighted by Crippen LogP contribution is 2.34. The Morgan fingerprint density at radius 2 is 1.88 bits per heavy atom. The summed E-state index contributed by atoms with van der Waals surface area (Å²) >= 11 is 0. The van der Waals surface area contributed by atoms with Gasteiger partial charge in [0.2, 0.25) is 0 Å². The second-order valence-corrected chi connectivity index (χ2v) is 6.18. The highest BCUT2D eigenvalue weighted by atomic mass is 15.1. The van der Waals surface area contributed by atoms with Crippen molar-refractivity contribution in [3.05, 3.63) is 54.2 Å².